The first kappa shape index (κ1) is 15.5. The molecule has 0 bridgehead atoms. The molecule has 0 saturated carbocycles. The molecule has 0 aliphatic carbocycles. The molecule has 0 amide bonds. The predicted octanol–water partition coefficient (Wildman–Crippen LogP) is 0.600. The molecule has 1 aliphatic rings. The number of halogens is 2. The van der Waals surface area contributed by atoms with Crippen molar-refractivity contribution < 1.29 is 9.13 Å². The van der Waals surface area contributed by atoms with Gasteiger partial charge in [-0.25, -0.2) is 0 Å². The van der Waals surface area contributed by atoms with Gasteiger partial charge in [0.15, 0.2) is 11.0 Å². The average molecular weight is 315 g/mol. The van der Waals surface area contributed by atoms with E-state index < -0.39 is 5.82 Å². The first-order valence-corrected chi connectivity index (χ1v) is 6.63. The predicted molar refractivity (Wildman–Crippen MR) is 80.1 cm³/mol. The number of nitrogens with zero attached hydrogens (tertiary/aromatic N) is 4. The Morgan fingerprint density at radius 2 is 2.33 bits per heavy atom. The van der Waals surface area contributed by atoms with E-state index in [9.17, 15) is 4.39 Å². The van der Waals surface area contributed by atoms with Crippen LogP contribution in [0.5, 0.6) is 0 Å². The van der Waals surface area contributed by atoms with Crippen molar-refractivity contribution in [2.24, 2.45) is 10.7 Å². The molecule has 1 fully saturated rings. The van der Waals surface area contributed by atoms with Gasteiger partial charge in [-0.15, -0.1) is 0 Å². The molecule has 114 valence electrons. The SMILES string of the molecule is CN=C/C(=C\N)C1CN(c2nc(N)nc(Cl)c2F)CCO1. The van der Waals surface area contributed by atoms with Crippen LogP contribution in [-0.2, 0) is 4.74 Å². The zero-order valence-electron chi connectivity index (χ0n) is 11.5. The second-order valence-corrected chi connectivity index (χ2v) is 4.73. The number of aromatic nitrogens is 2. The largest absolute Gasteiger partial charge is 0.404 e. The minimum absolute atomic E-state index is 0.0607. The fourth-order valence-corrected chi connectivity index (χ4v) is 2.23. The Labute approximate surface area is 126 Å². The van der Waals surface area contributed by atoms with Gasteiger partial charge in [-0.3, -0.25) is 4.99 Å². The summed E-state index contributed by atoms with van der Waals surface area (Å²) in [4.78, 5) is 13.1. The molecule has 2 heterocycles. The number of morpholine rings is 1. The summed E-state index contributed by atoms with van der Waals surface area (Å²) in [5.41, 5.74) is 11.8. The van der Waals surface area contributed by atoms with E-state index in [1.54, 1.807) is 18.2 Å². The van der Waals surface area contributed by atoms with Gasteiger partial charge in [0.25, 0.3) is 0 Å². The van der Waals surface area contributed by atoms with Crippen LogP contribution in [0.25, 0.3) is 0 Å². The Balaban J connectivity index is 2.26. The van der Waals surface area contributed by atoms with Gasteiger partial charge in [0, 0.05) is 31.6 Å². The molecule has 1 aromatic heterocycles. The van der Waals surface area contributed by atoms with Crippen molar-refractivity contribution >= 4 is 29.6 Å². The molecular formula is C12H16ClFN6O. The number of nitrogens with two attached hydrogens (primary N) is 2. The molecule has 1 atom stereocenters. The Bertz CT molecular complexity index is 579. The summed E-state index contributed by atoms with van der Waals surface area (Å²) >= 11 is 5.70. The van der Waals surface area contributed by atoms with Crippen molar-refractivity contribution in [3.63, 3.8) is 0 Å². The topological polar surface area (TPSA) is 103 Å². The molecule has 1 saturated heterocycles. The molecule has 0 radical (unpaired) electrons. The van der Waals surface area contributed by atoms with Crippen LogP contribution in [0, 0.1) is 5.82 Å². The van der Waals surface area contributed by atoms with Gasteiger partial charge in [-0.2, -0.15) is 14.4 Å². The summed E-state index contributed by atoms with van der Waals surface area (Å²) in [5, 5.41) is -0.301. The van der Waals surface area contributed by atoms with Crippen molar-refractivity contribution in [1.82, 2.24) is 9.97 Å². The van der Waals surface area contributed by atoms with Gasteiger partial charge < -0.3 is 21.1 Å². The number of anilines is 2. The third-order valence-electron chi connectivity index (χ3n) is 3.02. The lowest BCUT2D eigenvalue weighted by molar-refractivity contribution is 0.0674. The van der Waals surface area contributed by atoms with Crippen molar-refractivity contribution in [2.75, 3.05) is 37.4 Å². The lowest BCUT2D eigenvalue weighted by Gasteiger charge is -2.34. The van der Waals surface area contributed by atoms with Gasteiger partial charge in [-0.05, 0) is 0 Å². The first-order chi connectivity index (χ1) is 10.1. The highest BCUT2D eigenvalue weighted by atomic mass is 35.5. The number of aliphatic imine (C=N–C) groups is 1. The maximum atomic E-state index is 14.1. The summed E-state index contributed by atoms with van der Waals surface area (Å²) in [6.45, 7) is 1.21. The second kappa shape index (κ2) is 6.68. The summed E-state index contributed by atoms with van der Waals surface area (Å²) in [7, 11) is 1.63. The molecule has 1 unspecified atom stereocenters. The molecule has 0 aromatic carbocycles. The summed E-state index contributed by atoms with van der Waals surface area (Å²) in [6, 6.07) is 0. The molecule has 7 nitrogen and oxygen atoms in total. The van der Waals surface area contributed by atoms with Gasteiger partial charge in [-0.1, -0.05) is 11.6 Å². The van der Waals surface area contributed by atoms with Crippen molar-refractivity contribution in [3.05, 3.63) is 22.7 Å². The Morgan fingerprint density at radius 1 is 1.57 bits per heavy atom. The molecule has 1 aromatic rings. The number of ether oxygens (including phenoxy) is 1. The molecule has 4 N–H and O–H groups in total. The van der Waals surface area contributed by atoms with Crippen molar-refractivity contribution in [2.45, 2.75) is 6.10 Å². The molecule has 2 rings (SSSR count). The van der Waals surface area contributed by atoms with Crippen LogP contribution < -0.4 is 16.4 Å². The standard InChI is InChI=1S/C12H16ClFN6O/c1-17-5-7(4-15)8-6-20(2-3-21-8)11-9(14)10(13)18-12(16)19-11/h4-5,8H,2-3,6,15H2,1H3,(H2,16,18,19)/b7-4+,17-5?. The molecular weight excluding hydrogens is 299 g/mol. The number of hydrogen-bond acceptors (Lipinski definition) is 7. The van der Waals surface area contributed by atoms with E-state index in [4.69, 9.17) is 27.8 Å². The smallest absolute Gasteiger partial charge is 0.223 e. The van der Waals surface area contributed by atoms with E-state index in [1.807, 2.05) is 0 Å². The lowest BCUT2D eigenvalue weighted by atomic mass is 10.1. The van der Waals surface area contributed by atoms with E-state index in [1.165, 1.54) is 6.20 Å². The van der Waals surface area contributed by atoms with Gasteiger partial charge in [0.05, 0.1) is 13.2 Å². The van der Waals surface area contributed by atoms with E-state index in [-0.39, 0.29) is 23.0 Å². The Hall–Kier alpha value is -1.93. The number of hydrogen-bond donors (Lipinski definition) is 2. The second-order valence-electron chi connectivity index (χ2n) is 4.37. The Morgan fingerprint density at radius 3 is 3.00 bits per heavy atom. The van der Waals surface area contributed by atoms with Gasteiger partial charge >= 0.3 is 0 Å². The van der Waals surface area contributed by atoms with Gasteiger partial charge in [0.2, 0.25) is 11.8 Å². The fraction of sp³-hybridized carbons (Fsp3) is 0.417. The normalized spacial score (nSPS) is 20.2. The minimum Gasteiger partial charge on any atom is -0.404 e. The summed E-state index contributed by atoms with van der Waals surface area (Å²) in [6.07, 6.45) is 2.69. The van der Waals surface area contributed by atoms with Crippen LogP contribution in [0.4, 0.5) is 16.2 Å². The number of nitrogen functional groups attached to an aromatic ring is 1. The average Bonchev–Trinajstić information content (AvgIpc) is 2.48. The fourth-order valence-electron chi connectivity index (χ4n) is 2.06. The van der Waals surface area contributed by atoms with E-state index >= 15 is 0 Å². The third kappa shape index (κ3) is 3.40. The monoisotopic (exact) mass is 314 g/mol. The molecule has 1 aliphatic heterocycles. The van der Waals surface area contributed by atoms with Crippen LogP contribution in [0.1, 0.15) is 0 Å². The van der Waals surface area contributed by atoms with E-state index in [2.05, 4.69) is 15.0 Å². The highest BCUT2D eigenvalue weighted by Crippen LogP contribution is 2.25. The minimum atomic E-state index is -0.700. The lowest BCUT2D eigenvalue weighted by Crippen LogP contribution is -2.44. The third-order valence-corrected chi connectivity index (χ3v) is 3.27. The van der Waals surface area contributed by atoms with Crippen LogP contribution in [0.2, 0.25) is 5.15 Å². The van der Waals surface area contributed by atoms with E-state index in [0.717, 1.165) is 0 Å². The maximum Gasteiger partial charge on any atom is 0.223 e. The first-order valence-electron chi connectivity index (χ1n) is 6.25. The highest BCUT2D eigenvalue weighted by molar-refractivity contribution is 6.29. The zero-order valence-corrected chi connectivity index (χ0v) is 12.2. The van der Waals surface area contributed by atoms with Crippen LogP contribution in [-0.4, -0.2) is 49.0 Å². The van der Waals surface area contributed by atoms with Crippen LogP contribution in [0.15, 0.2) is 16.8 Å². The summed E-state index contributed by atoms with van der Waals surface area (Å²) in [5.74, 6) is -0.719. The molecule has 0 spiro atoms. The number of rotatable bonds is 3. The highest BCUT2D eigenvalue weighted by Gasteiger charge is 2.27. The van der Waals surface area contributed by atoms with Crippen LogP contribution in [0.3, 0.4) is 0 Å². The quantitative estimate of drug-likeness (QED) is 0.625. The van der Waals surface area contributed by atoms with Crippen molar-refractivity contribution in [1.29, 1.82) is 0 Å². The maximum absolute atomic E-state index is 14.1. The molecule has 21 heavy (non-hydrogen) atoms. The van der Waals surface area contributed by atoms with E-state index in [0.29, 0.717) is 25.3 Å². The zero-order chi connectivity index (χ0) is 15.4. The van der Waals surface area contributed by atoms with Crippen molar-refractivity contribution in [3.8, 4) is 0 Å². The van der Waals surface area contributed by atoms with Gasteiger partial charge in [0.1, 0.15) is 6.10 Å². The summed E-state index contributed by atoms with van der Waals surface area (Å²) < 4.78 is 19.7. The Kier molecular flexibility index (Phi) is 4.92. The van der Waals surface area contributed by atoms with Crippen LogP contribution >= 0.6 is 11.6 Å². The molecule has 9 heteroatoms.